The normalized spacial score (nSPS) is 14.0. The van der Waals surface area contributed by atoms with E-state index in [4.69, 9.17) is 37.0 Å². The Morgan fingerprint density at radius 1 is 0.267 bits per heavy atom. The van der Waals surface area contributed by atoms with Gasteiger partial charge in [0.1, 0.15) is 19.3 Å². The molecule has 0 aliphatic rings. The Labute approximate surface area is 549 Å². The number of hydrogen-bond donors (Lipinski definition) is 3. The second-order valence-corrected chi connectivity index (χ2v) is 28.5. The summed E-state index contributed by atoms with van der Waals surface area (Å²) in [5.41, 5.74) is 0. The highest BCUT2D eigenvalue weighted by Crippen LogP contribution is 2.45. The van der Waals surface area contributed by atoms with Crippen LogP contribution < -0.4 is 0 Å². The van der Waals surface area contributed by atoms with Crippen molar-refractivity contribution in [1.82, 2.24) is 0 Å². The van der Waals surface area contributed by atoms with Crippen molar-refractivity contribution in [3.05, 3.63) is 0 Å². The first-order valence-electron chi connectivity index (χ1n) is 37.3. The van der Waals surface area contributed by atoms with Crippen molar-refractivity contribution in [2.24, 2.45) is 0 Å². The van der Waals surface area contributed by atoms with Crippen molar-refractivity contribution in [3.8, 4) is 0 Å². The molecule has 0 aromatic rings. The third kappa shape index (κ3) is 64.8. The minimum absolute atomic E-state index is 0.108. The second kappa shape index (κ2) is 65.7. The summed E-state index contributed by atoms with van der Waals surface area (Å²) in [5, 5.41) is 10.6. The van der Waals surface area contributed by atoms with E-state index < -0.39 is 97.5 Å². The van der Waals surface area contributed by atoms with Gasteiger partial charge < -0.3 is 33.8 Å². The number of ether oxygens (including phenoxy) is 4. The van der Waals surface area contributed by atoms with Gasteiger partial charge in [0.2, 0.25) is 0 Å². The van der Waals surface area contributed by atoms with Crippen LogP contribution in [0.25, 0.3) is 0 Å². The zero-order chi connectivity index (χ0) is 66.1. The lowest BCUT2D eigenvalue weighted by Gasteiger charge is -2.21. The average molecular weight is 1330 g/mol. The molecule has 0 radical (unpaired) electrons. The number of carbonyl (C=O) groups excluding carboxylic acids is 4. The summed E-state index contributed by atoms with van der Waals surface area (Å²) in [5.74, 6) is -2.12. The number of esters is 4. The summed E-state index contributed by atoms with van der Waals surface area (Å²) in [7, 11) is -9.90. The fourth-order valence-corrected chi connectivity index (χ4v) is 12.4. The first-order chi connectivity index (χ1) is 43.7. The molecule has 5 atom stereocenters. The van der Waals surface area contributed by atoms with Crippen molar-refractivity contribution in [2.45, 2.75) is 393 Å². The maximum atomic E-state index is 13.0. The molecule has 0 amide bonds. The maximum Gasteiger partial charge on any atom is 0.472 e. The zero-order valence-electron chi connectivity index (χ0n) is 58.1. The number of aliphatic hydroxyl groups is 1. The Morgan fingerprint density at radius 3 is 0.656 bits per heavy atom. The van der Waals surface area contributed by atoms with Crippen LogP contribution in [0.15, 0.2) is 0 Å². The van der Waals surface area contributed by atoms with Crippen LogP contribution in [0, 0.1) is 0 Å². The average Bonchev–Trinajstić information content (AvgIpc) is 3.71. The molecule has 0 rings (SSSR count). The molecule has 0 saturated carbocycles. The number of phosphoric ester groups is 2. The number of carbonyl (C=O) groups is 4. The molecule has 0 heterocycles. The van der Waals surface area contributed by atoms with Crippen LogP contribution in [-0.2, 0) is 65.4 Å². The van der Waals surface area contributed by atoms with E-state index in [-0.39, 0.29) is 25.7 Å². The number of hydrogen-bond acceptors (Lipinski definition) is 15. The largest absolute Gasteiger partial charge is 0.472 e. The van der Waals surface area contributed by atoms with Crippen molar-refractivity contribution < 1.29 is 80.2 Å². The van der Waals surface area contributed by atoms with Gasteiger partial charge in [-0.1, -0.05) is 323 Å². The van der Waals surface area contributed by atoms with Crippen molar-refractivity contribution >= 4 is 39.5 Å². The van der Waals surface area contributed by atoms with E-state index in [2.05, 4.69) is 27.7 Å². The van der Waals surface area contributed by atoms with Gasteiger partial charge in [-0.25, -0.2) is 9.13 Å². The van der Waals surface area contributed by atoms with E-state index >= 15 is 0 Å². The first-order valence-corrected chi connectivity index (χ1v) is 40.3. The van der Waals surface area contributed by atoms with Gasteiger partial charge in [-0.05, 0) is 25.7 Å². The predicted molar refractivity (Wildman–Crippen MR) is 363 cm³/mol. The van der Waals surface area contributed by atoms with Crippen molar-refractivity contribution in [1.29, 1.82) is 0 Å². The molecular formula is C71H138O17P2. The van der Waals surface area contributed by atoms with E-state index in [1.54, 1.807) is 0 Å². The van der Waals surface area contributed by atoms with E-state index in [1.165, 1.54) is 205 Å². The topological polar surface area (TPSA) is 237 Å². The Kier molecular flexibility index (Phi) is 64.3. The van der Waals surface area contributed by atoms with Gasteiger partial charge in [0, 0.05) is 25.7 Å². The molecule has 0 aliphatic carbocycles. The van der Waals surface area contributed by atoms with Gasteiger partial charge in [0.15, 0.2) is 12.2 Å². The summed E-state index contributed by atoms with van der Waals surface area (Å²) >= 11 is 0. The predicted octanol–water partition coefficient (Wildman–Crippen LogP) is 20.7. The quantitative estimate of drug-likeness (QED) is 0.0222. The van der Waals surface area contributed by atoms with Crippen LogP contribution in [0.1, 0.15) is 374 Å². The van der Waals surface area contributed by atoms with Crippen molar-refractivity contribution in [3.63, 3.8) is 0 Å². The highest BCUT2D eigenvalue weighted by molar-refractivity contribution is 7.47. The molecule has 0 fully saturated rings. The number of rotatable bonds is 72. The Bertz CT molecular complexity index is 1720. The number of aliphatic hydroxyl groups excluding tert-OH is 1. The van der Waals surface area contributed by atoms with Crippen molar-refractivity contribution in [2.75, 3.05) is 39.6 Å². The number of unbranched alkanes of at least 4 members (excludes halogenated alkanes) is 46. The monoisotopic (exact) mass is 1320 g/mol. The molecule has 19 heteroatoms. The minimum atomic E-state index is -4.95. The minimum Gasteiger partial charge on any atom is -0.462 e. The summed E-state index contributed by atoms with van der Waals surface area (Å²) in [6.45, 7) is 4.95. The van der Waals surface area contributed by atoms with Crippen LogP contribution in [0.4, 0.5) is 0 Å². The smallest absolute Gasteiger partial charge is 0.462 e. The van der Waals surface area contributed by atoms with Crippen LogP contribution in [-0.4, -0.2) is 96.7 Å². The lowest BCUT2D eigenvalue weighted by molar-refractivity contribution is -0.161. The Morgan fingerprint density at radius 2 is 0.444 bits per heavy atom. The number of phosphoric acid groups is 2. The lowest BCUT2D eigenvalue weighted by Crippen LogP contribution is -2.30. The highest BCUT2D eigenvalue weighted by Gasteiger charge is 2.30. The molecule has 0 aromatic carbocycles. The molecule has 90 heavy (non-hydrogen) atoms. The molecule has 0 spiro atoms. The fourth-order valence-electron chi connectivity index (χ4n) is 10.9. The molecule has 0 aliphatic heterocycles. The summed E-state index contributed by atoms with van der Waals surface area (Å²) in [6.07, 6.45) is 53.9. The third-order valence-electron chi connectivity index (χ3n) is 16.6. The van der Waals surface area contributed by atoms with E-state index in [0.717, 1.165) is 89.9 Å². The summed E-state index contributed by atoms with van der Waals surface area (Å²) < 4.78 is 68.3. The molecule has 0 saturated heterocycles. The van der Waals surface area contributed by atoms with Crippen LogP contribution >= 0.6 is 15.6 Å². The first kappa shape index (κ1) is 88.1. The Balaban J connectivity index is 5.22. The van der Waals surface area contributed by atoms with Gasteiger partial charge in [-0.15, -0.1) is 0 Å². The van der Waals surface area contributed by atoms with E-state index in [1.807, 2.05) is 0 Å². The van der Waals surface area contributed by atoms with Gasteiger partial charge >= 0.3 is 39.5 Å². The zero-order valence-corrected chi connectivity index (χ0v) is 59.9. The second-order valence-electron chi connectivity index (χ2n) is 25.6. The van der Waals surface area contributed by atoms with Gasteiger partial charge in [0.05, 0.1) is 26.4 Å². The molecule has 0 aromatic heterocycles. The van der Waals surface area contributed by atoms with Gasteiger partial charge in [-0.3, -0.25) is 37.3 Å². The molecule has 2 unspecified atom stereocenters. The maximum absolute atomic E-state index is 13.0. The van der Waals surface area contributed by atoms with Crippen LogP contribution in [0.2, 0.25) is 0 Å². The SMILES string of the molecule is CCCCCCCCCCCCCCCCCCCC(=O)O[C@H](COC(=O)CCCCCCCCCCCCCC)COP(=O)(O)OC[C@@H](O)COP(=O)(O)OC[C@@H](COC(=O)CCCCCCCCCCCC)OC(=O)CCCCCCCCCCCCC. The lowest BCUT2D eigenvalue weighted by atomic mass is 10.0. The fraction of sp³-hybridized carbons (Fsp3) is 0.944. The van der Waals surface area contributed by atoms with E-state index in [0.29, 0.717) is 25.7 Å². The van der Waals surface area contributed by atoms with Gasteiger partial charge in [0.25, 0.3) is 0 Å². The van der Waals surface area contributed by atoms with Crippen LogP contribution in [0.5, 0.6) is 0 Å². The Hall–Kier alpha value is -1.94. The van der Waals surface area contributed by atoms with E-state index in [9.17, 15) is 43.2 Å². The van der Waals surface area contributed by atoms with Gasteiger partial charge in [-0.2, -0.15) is 0 Å². The molecule has 17 nitrogen and oxygen atoms in total. The standard InChI is InChI=1S/C71H138O17P2/c1-5-9-13-17-21-25-29-31-32-33-34-35-38-42-46-50-54-58-71(76)88-67(62-82-69(74)56-52-48-44-40-37-30-26-22-18-14-10-6-2)64-86-90(79,80)84-60-65(72)59-83-89(77,78)85-63-66(61-81-68(73)55-51-47-43-39-28-24-20-16-12-8-4)87-70(75)57-53-49-45-41-36-27-23-19-15-11-7-3/h65-67,72H,5-64H2,1-4H3,(H,77,78)(H,79,80)/t65-,66+,67+/m0/s1. The summed E-state index contributed by atoms with van der Waals surface area (Å²) in [6, 6.07) is 0. The summed E-state index contributed by atoms with van der Waals surface area (Å²) in [4.78, 5) is 72.5. The molecule has 534 valence electrons. The van der Waals surface area contributed by atoms with Crippen LogP contribution in [0.3, 0.4) is 0 Å². The molecular weight excluding hydrogens is 1190 g/mol. The highest BCUT2D eigenvalue weighted by atomic mass is 31.2. The molecule has 0 bridgehead atoms. The third-order valence-corrected chi connectivity index (χ3v) is 18.5. The molecule has 3 N–H and O–H groups in total.